The van der Waals surface area contributed by atoms with Crippen molar-refractivity contribution >= 4 is 18.3 Å². The lowest BCUT2D eigenvalue weighted by molar-refractivity contribution is -0.139. The second kappa shape index (κ2) is 9.76. The number of carbonyl (C=O) groups is 1. The predicted octanol–water partition coefficient (Wildman–Crippen LogP) is 3.15. The smallest absolute Gasteiger partial charge is 0.226 e. The molecule has 5 nitrogen and oxygen atoms in total. The first-order valence-corrected chi connectivity index (χ1v) is 8.91. The molecule has 0 aliphatic carbocycles. The van der Waals surface area contributed by atoms with Crippen LogP contribution in [0.4, 0.5) is 0 Å². The highest BCUT2D eigenvalue weighted by molar-refractivity contribution is 5.85. The van der Waals surface area contributed by atoms with Crippen LogP contribution in [-0.4, -0.2) is 35.0 Å². The van der Waals surface area contributed by atoms with Crippen LogP contribution in [0.1, 0.15) is 37.2 Å². The molecule has 6 heteroatoms. The Hall–Kier alpha value is -1.82. The van der Waals surface area contributed by atoms with Gasteiger partial charge in [0.2, 0.25) is 5.91 Å². The molecule has 1 aliphatic rings. The number of aliphatic hydroxyl groups is 1. The van der Waals surface area contributed by atoms with Crippen molar-refractivity contribution in [2.24, 2.45) is 5.92 Å². The molecule has 1 fully saturated rings. The standard InChI is InChI=1S/C20H26N2O3.ClH/c1-15-12-17(9-10-21-15)20(24)22(13-16-6-3-2-4-7-16)14-18(23)19-8-5-11-25-19;/h2-8,11,15,17-18,21,23H,9-10,12-14H2,1H3;1H/t15-,17-,18?;/m0./s1. The summed E-state index contributed by atoms with van der Waals surface area (Å²) in [5.74, 6) is 0.608. The molecule has 1 aromatic heterocycles. The van der Waals surface area contributed by atoms with Crippen LogP contribution in [0.3, 0.4) is 0 Å². The van der Waals surface area contributed by atoms with Gasteiger partial charge in [0.25, 0.3) is 0 Å². The predicted molar refractivity (Wildman–Crippen MR) is 103 cm³/mol. The fourth-order valence-corrected chi connectivity index (χ4v) is 3.43. The van der Waals surface area contributed by atoms with Crippen LogP contribution in [0.25, 0.3) is 0 Å². The molecule has 0 radical (unpaired) electrons. The molecule has 2 heterocycles. The Labute approximate surface area is 160 Å². The average Bonchev–Trinajstić information content (AvgIpc) is 3.16. The third-order valence-electron chi connectivity index (χ3n) is 4.77. The number of piperidine rings is 1. The molecule has 0 bridgehead atoms. The second-order valence-corrected chi connectivity index (χ2v) is 6.81. The molecule has 1 unspecified atom stereocenters. The molecule has 1 aliphatic heterocycles. The van der Waals surface area contributed by atoms with Crippen LogP contribution in [0.15, 0.2) is 53.1 Å². The van der Waals surface area contributed by atoms with E-state index in [1.54, 1.807) is 17.0 Å². The van der Waals surface area contributed by atoms with Crippen molar-refractivity contribution in [1.82, 2.24) is 10.2 Å². The minimum atomic E-state index is -0.818. The van der Waals surface area contributed by atoms with Gasteiger partial charge in [0.05, 0.1) is 12.8 Å². The lowest BCUT2D eigenvalue weighted by atomic mass is 9.91. The van der Waals surface area contributed by atoms with Gasteiger partial charge < -0.3 is 19.7 Å². The number of nitrogens with zero attached hydrogens (tertiary/aromatic N) is 1. The molecule has 3 rings (SSSR count). The molecule has 1 amide bonds. The van der Waals surface area contributed by atoms with E-state index in [0.29, 0.717) is 18.3 Å². The second-order valence-electron chi connectivity index (χ2n) is 6.81. The van der Waals surface area contributed by atoms with Crippen LogP contribution in [0, 0.1) is 5.92 Å². The summed E-state index contributed by atoms with van der Waals surface area (Å²) in [7, 11) is 0. The Bertz CT molecular complexity index is 663. The Kier molecular flexibility index (Phi) is 7.69. The molecule has 0 saturated carbocycles. The van der Waals surface area contributed by atoms with E-state index in [4.69, 9.17) is 4.42 Å². The first-order chi connectivity index (χ1) is 12.1. The maximum atomic E-state index is 13.1. The summed E-state index contributed by atoms with van der Waals surface area (Å²) in [5.41, 5.74) is 1.06. The third-order valence-corrected chi connectivity index (χ3v) is 4.77. The number of rotatable bonds is 6. The fourth-order valence-electron chi connectivity index (χ4n) is 3.43. The number of aliphatic hydroxyl groups excluding tert-OH is 1. The van der Waals surface area contributed by atoms with E-state index in [2.05, 4.69) is 12.2 Å². The van der Waals surface area contributed by atoms with E-state index in [-0.39, 0.29) is 30.8 Å². The molecular weight excluding hydrogens is 352 g/mol. The topological polar surface area (TPSA) is 65.7 Å². The zero-order valence-corrected chi connectivity index (χ0v) is 15.8. The Morgan fingerprint density at radius 3 is 2.73 bits per heavy atom. The molecule has 2 aromatic rings. The van der Waals surface area contributed by atoms with Crippen LogP contribution in [0.5, 0.6) is 0 Å². The van der Waals surface area contributed by atoms with E-state index in [1.807, 2.05) is 30.3 Å². The van der Waals surface area contributed by atoms with E-state index in [0.717, 1.165) is 24.9 Å². The molecule has 1 saturated heterocycles. The van der Waals surface area contributed by atoms with Crippen molar-refractivity contribution in [3.05, 3.63) is 60.1 Å². The summed E-state index contributed by atoms with van der Waals surface area (Å²) in [5, 5.41) is 13.8. The van der Waals surface area contributed by atoms with Crippen molar-refractivity contribution in [3.8, 4) is 0 Å². The first-order valence-electron chi connectivity index (χ1n) is 8.91. The number of halogens is 1. The van der Waals surface area contributed by atoms with Crippen LogP contribution >= 0.6 is 12.4 Å². The summed E-state index contributed by atoms with van der Waals surface area (Å²) < 4.78 is 5.29. The number of nitrogens with one attached hydrogen (secondary N) is 1. The third kappa shape index (κ3) is 5.34. The van der Waals surface area contributed by atoms with E-state index < -0.39 is 6.10 Å². The molecule has 1 aromatic carbocycles. The van der Waals surface area contributed by atoms with Gasteiger partial charge in [-0.2, -0.15) is 0 Å². The van der Waals surface area contributed by atoms with Crippen LogP contribution in [-0.2, 0) is 11.3 Å². The van der Waals surface area contributed by atoms with Gasteiger partial charge in [0, 0.05) is 18.5 Å². The number of carbonyl (C=O) groups excluding carboxylic acids is 1. The summed E-state index contributed by atoms with van der Waals surface area (Å²) in [6, 6.07) is 13.7. The van der Waals surface area contributed by atoms with Gasteiger partial charge in [-0.25, -0.2) is 0 Å². The number of hydrogen-bond acceptors (Lipinski definition) is 4. The molecule has 142 valence electrons. The maximum absolute atomic E-state index is 13.1. The van der Waals surface area contributed by atoms with Gasteiger partial charge in [-0.1, -0.05) is 30.3 Å². The fraction of sp³-hybridized carbons (Fsp3) is 0.450. The van der Waals surface area contributed by atoms with Crippen LogP contribution in [0.2, 0.25) is 0 Å². The van der Waals surface area contributed by atoms with Gasteiger partial charge in [-0.3, -0.25) is 4.79 Å². The summed E-state index contributed by atoms with van der Waals surface area (Å²) in [6.45, 7) is 3.70. The molecular formula is C20H27ClN2O3. The quantitative estimate of drug-likeness (QED) is 0.810. The highest BCUT2D eigenvalue weighted by atomic mass is 35.5. The minimum Gasteiger partial charge on any atom is -0.467 e. The maximum Gasteiger partial charge on any atom is 0.226 e. The molecule has 26 heavy (non-hydrogen) atoms. The first kappa shape index (κ1) is 20.5. The van der Waals surface area contributed by atoms with Gasteiger partial charge >= 0.3 is 0 Å². The molecule has 3 atom stereocenters. The lowest BCUT2D eigenvalue weighted by Crippen LogP contribution is -2.45. The summed E-state index contributed by atoms with van der Waals surface area (Å²) >= 11 is 0. The minimum absolute atomic E-state index is 0. The van der Waals surface area contributed by atoms with Gasteiger partial charge in [-0.05, 0) is 44.0 Å². The zero-order chi connectivity index (χ0) is 17.6. The number of benzene rings is 1. The van der Waals surface area contributed by atoms with Crippen molar-refractivity contribution in [3.63, 3.8) is 0 Å². The number of hydrogen-bond donors (Lipinski definition) is 2. The lowest BCUT2D eigenvalue weighted by Gasteiger charge is -2.33. The van der Waals surface area contributed by atoms with Gasteiger partial charge in [0.1, 0.15) is 11.9 Å². The Morgan fingerprint density at radius 1 is 1.31 bits per heavy atom. The summed E-state index contributed by atoms with van der Waals surface area (Å²) in [4.78, 5) is 14.9. The highest BCUT2D eigenvalue weighted by Crippen LogP contribution is 2.23. The largest absolute Gasteiger partial charge is 0.467 e. The van der Waals surface area contributed by atoms with Crippen molar-refractivity contribution in [2.45, 2.75) is 38.5 Å². The van der Waals surface area contributed by atoms with Crippen LogP contribution < -0.4 is 5.32 Å². The van der Waals surface area contributed by atoms with E-state index in [1.165, 1.54) is 6.26 Å². The summed E-state index contributed by atoms with van der Waals surface area (Å²) in [6.07, 6.45) is 2.39. The Morgan fingerprint density at radius 2 is 2.08 bits per heavy atom. The SMILES string of the molecule is C[C@H]1C[C@@H](C(=O)N(Cc2ccccc2)CC(O)c2ccco2)CCN1.Cl. The normalized spacial score (nSPS) is 20.8. The van der Waals surface area contributed by atoms with E-state index in [9.17, 15) is 9.90 Å². The Balaban J connectivity index is 0.00000243. The number of furan rings is 1. The highest BCUT2D eigenvalue weighted by Gasteiger charge is 2.30. The van der Waals surface area contributed by atoms with Crippen molar-refractivity contribution in [1.29, 1.82) is 0 Å². The zero-order valence-electron chi connectivity index (χ0n) is 15.0. The molecule has 0 spiro atoms. The van der Waals surface area contributed by atoms with Crippen molar-refractivity contribution in [2.75, 3.05) is 13.1 Å². The monoisotopic (exact) mass is 378 g/mol. The van der Waals surface area contributed by atoms with E-state index >= 15 is 0 Å². The average molecular weight is 379 g/mol. The van der Waals surface area contributed by atoms with Gasteiger partial charge in [-0.15, -0.1) is 12.4 Å². The van der Waals surface area contributed by atoms with Gasteiger partial charge in [0.15, 0.2) is 0 Å². The van der Waals surface area contributed by atoms with Crippen molar-refractivity contribution < 1.29 is 14.3 Å². The molecule has 2 N–H and O–H groups in total. The number of amides is 1.